The van der Waals surface area contributed by atoms with Gasteiger partial charge in [-0.05, 0) is 36.4 Å². The summed E-state index contributed by atoms with van der Waals surface area (Å²) in [6.45, 7) is 0. The van der Waals surface area contributed by atoms with Crippen molar-refractivity contribution < 1.29 is 18.4 Å². The van der Waals surface area contributed by atoms with Gasteiger partial charge in [-0.2, -0.15) is 0 Å². The zero-order valence-corrected chi connectivity index (χ0v) is 12.1. The molecule has 4 nitrogen and oxygen atoms in total. The largest absolute Gasteiger partial charge is 0.463 e. The Morgan fingerprint density at radius 3 is 1.70 bits per heavy atom. The van der Waals surface area contributed by atoms with Crippen LogP contribution < -0.4 is 10.8 Å². The van der Waals surface area contributed by atoms with Crippen LogP contribution in [0.25, 0.3) is 0 Å². The van der Waals surface area contributed by atoms with Crippen molar-refractivity contribution >= 4 is 31.4 Å². The predicted molar refractivity (Wildman–Crippen MR) is 76.7 cm³/mol. The van der Waals surface area contributed by atoms with Crippen molar-refractivity contribution in [3.63, 3.8) is 0 Å². The highest BCUT2D eigenvalue weighted by molar-refractivity contribution is 7.00. The molecule has 1 aliphatic rings. The highest BCUT2D eigenvalue weighted by Crippen LogP contribution is 2.29. The quantitative estimate of drug-likeness (QED) is 0.639. The highest BCUT2D eigenvalue weighted by atomic mass is 28.3. The van der Waals surface area contributed by atoms with Gasteiger partial charge in [-0.1, -0.05) is 19.3 Å². The second-order valence-corrected chi connectivity index (χ2v) is 9.43. The fourth-order valence-corrected chi connectivity index (χ4v) is 7.73. The zero-order chi connectivity index (χ0) is 14.0. The molecule has 0 unspecified atom stereocenters. The van der Waals surface area contributed by atoms with Gasteiger partial charge in [0.25, 0.3) is 0 Å². The monoisotopic (exact) mass is 288 g/mol. The van der Waals surface area contributed by atoms with Crippen molar-refractivity contribution in [3.05, 3.63) is 35.8 Å². The van der Waals surface area contributed by atoms with Gasteiger partial charge in [0.2, 0.25) is 8.07 Å². The van der Waals surface area contributed by atoms with Gasteiger partial charge in [-0.25, -0.2) is 0 Å². The molecule has 0 amide bonds. The van der Waals surface area contributed by atoms with Crippen LogP contribution >= 0.6 is 0 Å². The molecule has 0 N–H and O–H groups in total. The first kappa shape index (κ1) is 13.1. The molecule has 2 aromatic heterocycles. The van der Waals surface area contributed by atoms with Crippen molar-refractivity contribution in [2.24, 2.45) is 0 Å². The van der Waals surface area contributed by atoms with Crippen LogP contribution in [0.1, 0.15) is 40.4 Å². The molecule has 1 fully saturated rings. The lowest BCUT2D eigenvalue weighted by Crippen LogP contribution is -2.58. The first-order valence-corrected chi connectivity index (χ1v) is 9.31. The summed E-state index contributed by atoms with van der Waals surface area (Å²) in [5.41, 5.74) is 0. The van der Waals surface area contributed by atoms with E-state index in [0.717, 1.165) is 48.3 Å². The average Bonchev–Trinajstić information content (AvgIpc) is 3.17. The van der Waals surface area contributed by atoms with Gasteiger partial charge >= 0.3 is 0 Å². The van der Waals surface area contributed by atoms with Crippen LogP contribution in [0.2, 0.25) is 12.1 Å². The van der Waals surface area contributed by atoms with Gasteiger partial charge in [0.1, 0.15) is 0 Å². The van der Waals surface area contributed by atoms with Crippen molar-refractivity contribution in [1.82, 2.24) is 0 Å². The average molecular weight is 288 g/mol. The number of carbonyl (C=O) groups excluding carboxylic acids is 2. The molecule has 104 valence electrons. The third kappa shape index (κ3) is 2.08. The van der Waals surface area contributed by atoms with Gasteiger partial charge in [-0.15, -0.1) is 0 Å². The molecule has 2 aromatic rings. The molecule has 5 heteroatoms. The van der Waals surface area contributed by atoms with Gasteiger partial charge in [0.05, 0.1) is 10.8 Å². The summed E-state index contributed by atoms with van der Waals surface area (Å²) in [5, 5.41) is 1.79. The summed E-state index contributed by atoms with van der Waals surface area (Å²) in [4.78, 5) is 21.7. The topological polar surface area (TPSA) is 60.4 Å². The molecule has 0 spiro atoms. The van der Waals surface area contributed by atoms with E-state index in [2.05, 4.69) is 0 Å². The van der Waals surface area contributed by atoms with Crippen LogP contribution in [0.4, 0.5) is 0 Å². The fourth-order valence-electron chi connectivity index (χ4n) is 3.12. The minimum Gasteiger partial charge on any atom is -0.463 e. The Labute approximate surface area is 117 Å². The minimum atomic E-state index is -2.08. The normalized spacial score (nSPS) is 17.8. The summed E-state index contributed by atoms with van der Waals surface area (Å²) in [6.07, 6.45) is 4.96. The lowest BCUT2D eigenvalue weighted by atomic mass is 10.3. The number of furan rings is 2. The number of hydrogen-bond acceptors (Lipinski definition) is 4. The maximum atomic E-state index is 10.8. The van der Waals surface area contributed by atoms with Gasteiger partial charge < -0.3 is 8.83 Å². The van der Waals surface area contributed by atoms with Crippen LogP contribution in [0.3, 0.4) is 0 Å². The Hall–Kier alpha value is -1.88. The summed E-state index contributed by atoms with van der Waals surface area (Å²) in [6, 6.07) is 9.34. The van der Waals surface area contributed by atoms with Crippen LogP contribution in [0.5, 0.6) is 0 Å². The fraction of sp³-hybridized carbons (Fsp3) is 0.333. The van der Waals surface area contributed by atoms with Crippen LogP contribution in [0.15, 0.2) is 33.1 Å². The van der Waals surface area contributed by atoms with E-state index >= 15 is 0 Å². The molecule has 3 rings (SSSR count). The molecule has 20 heavy (non-hydrogen) atoms. The van der Waals surface area contributed by atoms with E-state index in [1.165, 1.54) is 6.42 Å². The van der Waals surface area contributed by atoms with E-state index in [1.54, 1.807) is 12.1 Å². The zero-order valence-electron chi connectivity index (χ0n) is 11.1. The van der Waals surface area contributed by atoms with Crippen LogP contribution in [-0.2, 0) is 0 Å². The SMILES string of the molecule is O=Cc1ccc([Si]2(c3ccc(C=O)o3)CCCCC2)o1. The predicted octanol–water partition coefficient (Wildman–Crippen LogP) is 2.24. The van der Waals surface area contributed by atoms with Gasteiger partial charge in [0.15, 0.2) is 24.1 Å². The maximum Gasteiger partial charge on any atom is 0.206 e. The molecule has 0 aliphatic carbocycles. The number of hydrogen-bond donors (Lipinski definition) is 0. The molecule has 0 radical (unpaired) electrons. The van der Waals surface area contributed by atoms with E-state index in [1.807, 2.05) is 12.1 Å². The van der Waals surface area contributed by atoms with Crippen molar-refractivity contribution in [3.8, 4) is 0 Å². The Kier molecular flexibility index (Phi) is 3.44. The first-order chi connectivity index (χ1) is 9.78. The van der Waals surface area contributed by atoms with E-state index < -0.39 is 8.07 Å². The molecule has 1 aliphatic heterocycles. The Bertz CT molecular complexity index is 571. The molecule has 0 atom stereocenters. The van der Waals surface area contributed by atoms with E-state index in [-0.39, 0.29) is 0 Å². The second kappa shape index (κ2) is 5.24. The minimum absolute atomic E-state index is 0.361. The smallest absolute Gasteiger partial charge is 0.206 e. The van der Waals surface area contributed by atoms with Crippen molar-refractivity contribution in [2.45, 2.75) is 31.4 Å². The third-order valence-corrected chi connectivity index (χ3v) is 8.97. The highest BCUT2D eigenvalue weighted by Gasteiger charge is 2.44. The standard InChI is InChI=1S/C15H16O4Si/c16-10-12-4-6-14(18-12)20(8-2-1-3-9-20)15-7-5-13(11-17)19-15/h4-7,10-11H,1-3,8-9H2. The summed E-state index contributed by atoms with van der Waals surface area (Å²) < 4.78 is 11.4. The molecule has 0 aromatic carbocycles. The summed E-state index contributed by atoms with van der Waals surface area (Å²) >= 11 is 0. The second-order valence-electron chi connectivity index (χ2n) is 5.28. The molecule has 3 heterocycles. The lowest BCUT2D eigenvalue weighted by Gasteiger charge is -2.31. The van der Waals surface area contributed by atoms with E-state index in [4.69, 9.17) is 8.83 Å². The van der Waals surface area contributed by atoms with Gasteiger partial charge in [-0.3, -0.25) is 9.59 Å². The Morgan fingerprint density at radius 2 is 1.30 bits per heavy atom. The molecular weight excluding hydrogens is 272 g/mol. The number of carbonyl (C=O) groups is 2. The molecule has 1 saturated heterocycles. The number of rotatable bonds is 4. The Balaban J connectivity index is 2.07. The van der Waals surface area contributed by atoms with Crippen LogP contribution in [0, 0.1) is 0 Å². The molecular formula is C15H16O4Si. The summed E-state index contributed by atoms with van der Waals surface area (Å²) in [5.74, 6) is 0.722. The van der Waals surface area contributed by atoms with Gasteiger partial charge in [0, 0.05) is 0 Å². The third-order valence-electron chi connectivity index (χ3n) is 4.14. The van der Waals surface area contributed by atoms with Crippen molar-refractivity contribution in [2.75, 3.05) is 0 Å². The lowest BCUT2D eigenvalue weighted by molar-refractivity contribution is 0.109. The van der Waals surface area contributed by atoms with E-state index in [9.17, 15) is 9.59 Å². The molecule has 0 bridgehead atoms. The van der Waals surface area contributed by atoms with Crippen LogP contribution in [-0.4, -0.2) is 20.6 Å². The van der Waals surface area contributed by atoms with E-state index in [0.29, 0.717) is 11.5 Å². The maximum absolute atomic E-state index is 10.8. The first-order valence-electron chi connectivity index (χ1n) is 6.89. The summed E-state index contributed by atoms with van der Waals surface area (Å²) in [7, 11) is -2.08. The molecule has 0 saturated carbocycles. The Morgan fingerprint density at radius 1 is 0.800 bits per heavy atom. The number of aldehydes is 2. The van der Waals surface area contributed by atoms with Crippen molar-refractivity contribution in [1.29, 1.82) is 0 Å².